The number of carbonyl (C=O) groups excluding carboxylic acids is 1. The van der Waals surface area contributed by atoms with E-state index in [0.29, 0.717) is 20.6 Å². The second kappa shape index (κ2) is 5.16. The van der Waals surface area contributed by atoms with Gasteiger partial charge in [0.15, 0.2) is 0 Å². The van der Waals surface area contributed by atoms with Crippen LogP contribution < -0.4 is 11.1 Å². The van der Waals surface area contributed by atoms with Crippen molar-refractivity contribution in [3.05, 3.63) is 39.3 Å². The van der Waals surface area contributed by atoms with E-state index in [4.69, 9.17) is 11.0 Å². The van der Waals surface area contributed by atoms with Gasteiger partial charge in [-0.1, -0.05) is 0 Å². The number of thiophene rings is 1. The molecule has 0 radical (unpaired) electrons. The van der Waals surface area contributed by atoms with Gasteiger partial charge in [0.2, 0.25) is 0 Å². The molecule has 1 amide bonds. The number of hydrogen-bond donors (Lipinski definition) is 2. The summed E-state index contributed by atoms with van der Waals surface area (Å²) in [6, 6.07) is 5.13. The topological polar surface area (TPSA) is 91.8 Å². The Morgan fingerprint density at radius 2 is 2.39 bits per heavy atom. The van der Waals surface area contributed by atoms with Crippen LogP contribution in [0.25, 0.3) is 0 Å². The first-order chi connectivity index (χ1) is 8.61. The molecule has 0 saturated carbocycles. The van der Waals surface area contributed by atoms with E-state index in [9.17, 15) is 4.79 Å². The number of anilines is 2. The number of nitrogens with two attached hydrogens (primary N) is 1. The first-order valence-electron chi connectivity index (χ1n) is 4.82. The molecule has 0 aliphatic carbocycles. The lowest BCUT2D eigenvalue weighted by Crippen LogP contribution is -2.13. The first kappa shape index (κ1) is 12.5. The van der Waals surface area contributed by atoms with Gasteiger partial charge >= 0.3 is 0 Å². The molecular formula is C11H7BrN4OS. The fourth-order valence-corrected chi connectivity index (χ4v) is 2.42. The number of halogens is 1. The van der Waals surface area contributed by atoms with Crippen LogP contribution in [0.4, 0.5) is 10.8 Å². The van der Waals surface area contributed by atoms with Crippen molar-refractivity contribution in [1.29, 1.82) is 5.26 Å². The summed E-state index contributed by atoms with van der Waals surface area (Å²) >= 11 is 4.52. The molecule has 3 N–H and O–H groups in total. The van der Waals surface area contributed by atoms with E-state index in [1.54, 1.807) is 11.4 Å². The molecule has 0 bridgehead atoms. The zero-order chi connectivity index (χ0) is 13.1. The molecule has 90 valence electrons. The normalized spacial score (nSPS) is 9.78. The van der Waals surface area contributed by atoms with E-state index in [2.05, 4.69) is 26.2 Å². The third kappa shape index (κ3) is 2.50. The summed E-state index contributed by atoms with van der Waals surface area (Å²) in [5.74, 6) is -0.0787. The maximum absolute atomic E-state index is 12.0. The molecule has 0 aliphatic heterocycles. The molecular weight excluding hydrogens is 316 g/mol. The van der Waals surface area contributed by atoms with Gasteiger partial charge < -0.3 is 11.1 Å². The van der Waals surface area contributed by atoms with Gasteiger partial charge in [-0.25, -0.2) is 4.98 Å². The van der Waals surface area contributed by atoms with E-state index >= 15 is 0 Å². The Balaban J connectivity index is 2.28. The lowest BCUT2D eigenvalue weighted by molar-refractivity contribution is 0.102. The summed E-state index contributed by atoms with van der Waals surface area (Å²) in [4.78, 5) is 15.9. The van der Waals surface area contributed by atoms with Crippen LogP contribution in [0.15, 0.2) is 28.2 Å². The predicted molar refractivity (Wildman–Crippen MR) is 73.3 cm³/mol. The number of hydrogen-bond acceptors (Lipinski definition) is 5. The predicted octanol–water partition coefficient (Wildman–Crippen LogP) is 2.61. The maximum Gasteiger partial charge on any atom is 0.257 e. The molecule has 0 spiro atoms. The molecule has 0 saturated heterocycles. The van der Waals surface area contributed by atoms with E-state index in [1.807, 2.05) is 6.07 Å². The van der Waals surface area contributed by atoms with E-state index in [-0.39, 0.29) is 11.7 Å². The van der Waals surface area contributed by atoms with Gasteiger partial charge in [-0.2, -0.15) is 5.26 Å². The summed E-state index contributed by atoms with van der Waals surface area (Å²) < 4.78 is 0.546. The Kier molecular flexibility index (Phi) is 3.60. The highest BCUT2D eigenvalue weighted by atomic mass is 79.9. The first-order valence-corrected chi connectivity index (χ1v) is 6.49. The van der Waals surface area contributed by atoms with Gasteiger partial charge in [-0.15, -0.1) is 11.3 Å². The second-order valence-corrected chi connectivity index (χ2v) is 5.09. The van der Waals surface area contributed by atoms with Crippen molar-refractivity contribution in [2.45, 2.75) is 0 Å². The third-order valence-electron chi connectivity index (χ3n) is 2.13. The van der Waals surface area contributed by atoms with Crippen molar-refractivity contribution in [3.8, 4) is 6.07 Å². The number of nitriles is 1. The third-order valence-corrected chi connectivity index (χ3v) is 3.60. The Labute approximate surface area is 115 Å². The van der Waals surface area contributed by atoms with Gasteiger partial charge in [0.05, 0.1) is 11.1 Å². The zero-order valence-electron chi connectivity index (χ0n) is 8.98. The van der Waals surface area contributed by atoms with Crippen LogP contribution in [0.3, 0.4) is 0 Å². The Morgan fingerprint density at radius 3 is 3.11 bits per heavy atom. The van der Waals surface area contributed by atoms with Gasteiger partial charge in [0.25, 0.3) is 5.91 Å². The molecule has 0 fully saturated rings. The van der Waals surface area contributed by atoms with Gasteiger partial charge in [0, 0.05) is 10.7 Å². The minimum absolute atomic E-state index is 0.259. The average Bonchev–Trinajstić information content (AvgIpc) is 2.79. The van der Waals surface area contributed by atoms with Crippen LogP contribution in [-0.2, 0) is 0 Å². The van der Waals surface area contributed by atoms with Crippen molar-refractivity contribution in [3.63, 3.8) is 0 Å². The minimum Gasteiger partial charge on any atom is -0.384 e. The molecule has 0 aliphatic rings. The van der Waals surface area contributed by atoms with Crippen molar-refractivity contribution in [2.24, 2.45) is 0 Å². The Bertz CT molecular complexity index is 647. The van der Waals surface area contributed by atoms with Crippen LogP contribution in [-0.4, -0.2) is 10.9 Å². The monoisotopic (exact) mass is 322 g/mol. The Morgan fingerprint density at radius 1 is 1.61 bits per heavy atom. The number of nitrogen functional groups attached to an aromatic ring is 1. The number of aromatic nitrogens is 1. The fourth-order valence-electron chi connectivity index (χ4n) is 1.29. The average molecular weight is 323 g/mol. The second-order valence-electron chi connectivity index (χ2n) is 3.32. The van der Waals surface area contributed by atoms with E-state index < -0.39 is 0 Å². The lowest BCUT2D eigenvalue weighted by atomic mass is 10.2. The highest BCUT2D eigenvalue weighted by molar-refractivity contribution is 9.10. The maximum atomic E-state index is 12.0. The summed E-state index contributed by atoms with van der Waals surface area (Å²) in [5, 5.41) is 13.8. The number of amides is 1. The molecule has 0 unspecified atom stereocenters. The molecule has 18 heavy (non-hydrogen) atoms. The zero-order valence-corrected chi connectivity index (χ0v) is 11.4. The smallest absolute Gasteiger partial charge is 0.257 e. The standard InChI is InChI=1S/C11H7BrN4OS/c12-8-5-15-9(14)3-7(8)10(17)16-11-6(4-13)1-2-18-11/h1-3,5H,(H2,14,15)(H,16,17). The molecule has 0 atom stereocenters. The summed E-state index contributed by atoms with van der Waals surface area (Å²) in [7, 11) is 0. The summed E-state index contributed by atoms with van der Waals surface area (Å²) in [6.45, 7) is 0. The van der Waals surface area contributed by atoms with Crippen molar-refractivity contribution in [1.82, 2.24) is 4.98 Å². The lowest BCUT2D eigenvalue weighted by Gasteiger charge is -2.05. The van der Waals surface area contributed by atoms with E-state index in [1.165, 1.54) is 23.6 Å². The van der Waals surface area contributed by atoms with Gasteiger partial charge in [0.1, 0.15) is 16.9 Å². The molecule has 0 aromatic carbocycles. The summed E-state index contributed by atoms with van der Waals surface area (Å²) in [5.41, 5.74) is 6.34. The highest BCUT2D eigenvalue weighted by Crippen LogP contribution is 2.24. The van der Waals surface area contributed by atoms with Crippen molar-refractivity contribution >= 4 is 44.0 Å². The molecule has 7 heteroatoms. The highest BCUT2D eigenvalue weighted by Gasteiger charge is 2.13. The van der Waals surface area contributed by atoms with Crippen LogP contribution in [0.5, 0.6) is 0 Å². The van der Waals surface area contributed by atoms with Gasteiger partial charge in [-0.05, 0) is 33.4 Å². The number of pyridine rings is 1. The molecule has 2 heterocycles. The number of nitrogens with one attached hydrogen (secondary N) is 1. The van der Waals surface area contributed by atoms with Gasteiger partial charge in [-0.3, -0.25) is 4.79 Å². The quantitative estimate of drug-likeness (QED) is 0.888. The van der Waals surface area contributed by atoms with Crippen LogP contribution >= 0.6 is 27.3 Å². The molecule has 2 aromatic rings. The SMILES string of the molecule is N#Cc1ccsc1NC(=O)c1cc(N)ncc1Br. The van der Waals surface area contributed by atoms with E-state index in [0.717, 1.165) is 0 Å². The minimum atomic E-state index is -0.338. The van der Waals surface area contributed by atoms with Crippen LogP contribution in [0.2, 0.25) is 0 Å². The van der Waals surface area contributed by atoms with Crippen molar-refractivity contribution in [2.75, 3.05) is 11.1 Å². The van der Waals surface area contributed by atoms with Crippen LogP contribution in [0, 0.1) is 11.3 Å². The molecule has 2 rings (SSSR count). The Hall–Kier alpha value is -1.91. The number of carbonyl (C=O) groups is 1. The number of rotatable bonds is 2. The summed E-state index contributed by atoms with van der Waals surface area (Å²) in [6.07, 6.45) is 1.46. The number of nitrogens with zero attached hydrogens (tertiary/aromatic N) is 2. The largest absolute Gasteiger partial charge is 0.384 e. The van der Waals surface area contributed by atoms with Crippen molar-refractivity contribution < 1.29 is 4.79 Å². The molecule has 5 nitrogen and oxygen atoms in total. The van der Waals surface area contributed by atoms with Crippen LogP contribution in [0.1, 0.15) is 15.9 Å². The fraction of sp³-hybridized carbons (Fsp3) is 0. The molecule has 2 aromatic heterocycles.